The Labute approximate surface area is 225 Å². The van der Waals surface area contributed by atoms with Gasteiger partial charge in [-0.15, -0.1) is 0 Å². The van der Waals surface area contributed by atoms with Gasteiger partial charge in [0.15, 0.2) is 5.76 Å². The van der Waals surface area contributed by atoms with Gasteiger partial charge in [0.05, 0.1) is 6.21 Å². The summed E-state index contributed by atoms with van der Waals surface area (Å²) in [5.74, 6) is 2.01. The van der Waals surface area contributed by atoms with Crippen molar-refractivity contribution in [3.63, 3.8) is 0 Å². The summed E-state index contributed by atoms with van der Waals surface area (Å²) in [7, 11) is 0. The lowest BCUT2D eigenvalue weighted by atomic mass is 10.1. The Hall–Kier alpha value is -4.49. The van der Waals surface area contributed by atoms with E-state index in [1.54, 1.807) is 18.2 Å². The number of carbonyl (C=O) groups excluding carboxylic acids is 1. The summed E-state index contributed by atoms with van der Waals surface area (Å²) in [6.07, 6.45) is 1.42. The van der Waals surface area contributed by atoms with Gasteiger partial charge in [-0.05, 0) is 93.1 Å². The van der Waals surface area contributed by atoms with E-state index < -0.39 is 5.91 Å². The SMILES string of the molecule is Cc1ccc(-c2ccc(/C=N/NC(=O)c3ccc(COc4ccc(-n5c(C)ccc5C)cc4)o3)o2)cc1Cl. The minimum atomic E-state index is -0.480. The van der Waals surface area contributed by atoms with Crippen molar-refractivity contribution >= 4 is 23.7 Å². The normalized spacial score (nSPS) is 11.3. The number of ether oxygens (including phenoxy) is 1. The van der Waals surface area contributed by atoms with Crippen molar-refractivity contribution < 1.29 is 18.4 Å². The third kappa shape index (κ3) is 5.58. The van der Waals surface area contributed by atoms with Crippen LogP contribution in [0.5, 0.6) is 5.75 Å². The van der Waals surface area contributed by atoms with Crippen LogP contribution in [0.2, 0.25) is 5.02 Å². The average molecular weight is 528 g/mol. The smallest absolute Gasteiger partial charge is 0.307 e. The van der Waals surface area contributed by atoms with E-state index in [-0.39, 0.29) is 12.4 Å². The molecule has 0 bridgehead atoms. The molecule has 0 aliphatic carbocycles. The van der Waals surface area contributed by atoms with E-state index in [9.17, 15) is 4.79 Å². The number of rotatable bonds is 8. The highest BCUT2D eigenvalue weighted by molar-refractivity contribution is 6.31. The Morgan fingerprint density at radius 1 is 0.947 bits per heavy atom. The average Bonchev–Trinajstić information content (AvgIpc) is 3.66. The maximum absolute atomic E-state index is 12.4. The molecule has 0 fully saturated rings. The van der Waals surface area contributed by atoms with Crippen LogP contribution < -0.4 is 10.2 Å². The molecule has 1 amide bonds. The summed E-state index contributed by atoms with van der Waals surface area (Å²) in [6, 6.07) is 24.6. The highest BCUT2D eigenvalue weighted by Crippen LogP contribution is 2.26. The van der Waals surface area contributed by atoms with Crippen molar-refractivity contribution in [2.75, 3.05) is 0 Å². The molecule has 5 aromatic rings. The van der Waals surface area contributed by atoms with Crippen LogP contribution in [0, 0.1) is 20.8 Å². The molecule has 0 unspecified atom stereocenters. The molecule has 0 saturated heterocycles. The number of aryl methyl sites for hydroxylation is 3. The summed E-state index contributed by atoms with van der Waals surface area (Å²) < 4.78 is 19.4. The lowest BCUT2D eigenvalue weighted by Crippen LogP contribution is -2.16. The first kappa shape index (κ1) is 25.2. The number of hydrogen-bond donors (Lipinski definition) is 1. The van der Waals surface area contributed by atoms with Crippen molar-refractivity contribution in [3.8, 4) is 22.8 Å². The summed E-state index contributed by atoms with van der Waals surface area (Å²) in [5.41, 5.74) is 7.70. The fourth-order valence-electron chi connectivity index (χ4n) is 4.03. The van der Waals surface area contributed by atoms with Crippen molar-refractivity contribution in [1.82, 2.24) is 9.99 Å². The molecule has 1 N–H and O–H groups in total. The number of hydrazone groups is 1. The van der Waals surface area contributed by atoms with Crippen molar-refractivity contribution in [3.05, 3.63) is 118 Å². The molecule has 38 heavy (non-hydrogen) atoms. The Morgan fingerprint density at radius 2 is 1.71 bits per heavy atom. The number of halogens is 1. The molecular formula is C30H26ClN3O4. The largest absolute Gasteiger partial charge is 0.486 e. The Morgan fingerprint density at radius 3 is 2.45 bits per heavy atom. The quantitative estimate of drug-likeness (QED) is 0.170. The van der Waals surface area contributed by atoms with Gasteiger partial charge in [0, 0.05) is 27.7 Å². The Bertz CT molecular complexity index is 1590. The van der Waals surface area contributed by atoms with Gasteiger partial charge in [-0.25, -0.2) is 5.43 Å². The van der Waals surface area contributed by atoms with Gasteiger partial charge < -0.3 is 18.1 Å². The topological polar surface area (TPSA) is 81.9 Å². The molecule has 3 heterocycles. The van der Waals surface area contributed by atoms with Crippen LogP contribution in [0.4, 0.5) is 0 Å². The van der Waals surface area contributed by atoms with Gasteiger partial charge in [0.2, 0.25) is 0 Å². The maximum atomic E-state index is 12.4. The molecule has 0 atom stereocenters. The number of aromatic nitrogens is 1. The zero-order valence-corrected chi connectivity index (χ0v) is 22.0. The monoisotopic (exact) mass is 527 g/mol. The second-order valence-electron chi connectivity index (χ2n) is 8.87. The van der Waals surface area contributed by atoms with E-state index in [1.807, 2.05) is 55.5 Å². The van der Waals surface area contributed by atoms with Crippen LogP contribution in [0.15, 0.2) is 92.8 Å². The first-order valence-corrected chi connectivity index (χ1v) is 12.4. The van der Waals surface area contributed by atoms with Crippen LogP contribution in [0.1, 0.15) is 39.0 Å². The molecule has 5 rings (SSSR count). The second-order valence-corrected chi connectivity index (χ2v) is 9.27. The predicted octanol–water partition coefficient (Wildman–Crippen LogP) is 7.25. The van der Waals surface area contributed by atoms with Crippen molar-refractivity contribution in [2.24, 2.45) is 5.10 Å². The Balaban J connectivity index is 1.14. The molecule has 2 aromatic carbocycles. The number of nitrogens with zero attached hydrogens (tertiary/aromatic N) is 2. The lowest BCUT2D eigenvalue weighted by Gasteiger charge is -2.10. The molecule has 0 aliphatic rings. The van der Waals surface area contributed by atoms with Gasteiger partial charge in [0.25, 0.3) is 0 Å². The number of carbonyl (C=O) groups is 1. The fraction of sp³-hybridized carbons (Fsp3) is 0.133. The summed E-state index contributed by atoms with van der Waals surface area (Å²) in [6.45, 7) is 6.28. The standard InChI is InChI=1S/C30H26ClN3O4/c1-19-4-7-22(16-27(19)31)28-14-12-25(37-28)17-32-33-30(35)29-15-13-26(38-29)18-36-24-10-8-23(9-11-24)34-20(2)5-6-21(34)3/h4-17H,18H2,1-3H3,(H,33,35)/b32-17+. The highest BCUT2D eigenvalue weighted by atomic mass is 35.5. The molecule has 3 aromatic heterocycles. The van der Waals surface area contributed by atoms with E-state index in [2.05, 4.69) is 41.1 Å². The molecular weight excluding hydrogens is 502 g/mol. The Kier molecular flexibility index (Phi) is 7.20. The van der Waals surface area contributed by atoms with E-state index >= 15 is 0 Å². The van der Waals surface area contributed by atoms with Gasteiger partial charge in [0.1, 0.15) is 29.6 Å². The van der Waals surface area contributed by atoms with Crippen LogP contribution in [-0.4, -0.2) is 16.7 Å². The molecule has 7 nitrogen and oxygen atoms in total. The van der Waals surface area contributed by atoms with Gasteiger partial charge in [-0.1, -0.05) is 23.7 Å². The van der Waals surface area contributed by atoms with E-state index in [0.29, 0.717) is 28.1 Å². The van der Waals surface area contributed by atoms with Crippen LogP contribution in [-0.2, 0) is 6.61 Å². The van der Waals surface area contributed by atoms with Crippen molar-refractivity contribution in [2.45, 2.75) is 27.4 Å². The summed E-state index contributed by atoms with van der Waals surface area (Å²) >= 11 is 6.20. The zero-order valence-electron chi connectivity index (χ0n) is 21.2. The fourth-order valence-corrected chi connectivity index (χ4v) is 4.21. The van der Waals surface area contributed by atoms with Crippen LogP contribution in [0.25, 0.3) is 17.0 Å². The summed E-state index contributed by atoms with van der Waals surface area (Å²) in [4.78, 5) is 12.4. The molecule has 0 radical (unpaired) electrons. The third-order valence-electron chi connectivity index (χ3n) is 6.07. The maximum Gasteiger partial charge on any atom is 0.307 e. The van der Waals surface area contributed by atoms with E-state index in [1.165, 1.54) is 17.6 Å². The first-order valence-electron chi connectivity index (χ1n) is 12.0. The van der Waals surface area contributed by atoms with Crippen LogP contribution >= 0.6 is 11.6 Å². The number of benzene rings is 2. The highest BCUT2D eigenvalue weighted by Gasteiger charge is 2.12. The van der Waals surface area contributed by atoms with Gasteiger partial charge in [-0.2, -0.15) is 5.10 Å². The molecule has 0 spiro atoms. The zero-order chi connectivity index (χ0) is 26.6. The predicted molar refractivity (Wildman–Crippen MR) is 147 cm³/mol. The number of furan rings is 2. The molecule has 8 heteroatoms. The molecule has 0 aliphatic heterocycles. The second kappa shape index (κ2) is 10.9. The molecule has 0 saturated carbocycles. The lowest BCUT2D eigenvalue weighted by molar-refractivity contribution is 0.0923. The third-order valence-corrected chi connectivity index (χ3v) is 6.48. The van der Waals surface area contributed by atoms with Gasteiger partial charge >= 0.3 is 5.91 Å². The van der Waals surface area contributed by atoms with E-state index in [4.69, 9.17) is 25.2 Å². The number of nitrogens with one attached hydrogen (secondary N) is 1. The minimum Gasteiger partial charge on any atom is -0.486 e. The summed E-state index contributed by atoms with van der Waals surface area (Å²) in [5, 5.41) is 4.63. The number of amides is 1. The van der Waals surface area contributed by atoms with Crippen molar-refractivity contribution in [1.29, 1.82) is 0 Å². The molecule has 192 valence electrons. The van der Waals surface area contributed by atoms with E-state index in [0.717, 1.165) is 16.8 Å². The minimum absolute atomic E-state index is 0.129. The van der Waals surface area contributed by atoms with Crippen LogP contribution in [0.3, 0.4) is 0 Å². The first-order chi connectivity index (χ1) is 18.4. The number of hydrogen-bond acceptors (Lipinski definition) is 5. The van der Waals surface area contributed by atoms with Gasteiger partial charge in [-0.3, -0.25) is 4.79 Å².